The highest BCUT2D eigenvalue weighted by Crippen LogP contribution is 2.42. The van der Waals surface area contributed by atoms with Crippen LogP contribution in [-0.4, -0.2) is 0 Å². The van der Waals surface area contributed by atoms with Gasteiger partial charge in [-0.15, -0.1) is 0 Å². The highest BCUT2D eigenvalue weighted by atomic mass is 14.3. The Hall–Kier alpha value is 0. The van der Waals surface area contributed by atoms with Gasteiger partial charge >= 0.3 is 0 Å². The first-order chi connectivity index (χ1) is 24.7. The summed E-state index contributed by atoms with van der Waals surface area (Å²) in [5.74, 6) is 0. The van der Waals surface area contributed by atoms with E-state index in [1.165, 1.54) is 263 Å². The van der Waals surface area contributed by atoms with Gasteiger partial charge in [0.05, 0.1) is 0 Å². The first-order valence-electron chi connectivity index (χ1n) is 24.7. The largest absolute Gasteiger partial charge is 0.0654 e. The van der Waals surface area contributed by atoms with Gasteiger partial charge in [-0.2, -0.15) is 0 Å². The number of unbranched alkanes of at least 4 members (excludes halogenated alkanes) is 37. The molecule has 0 nitrogen and oxygen atoms in total. The van der Waals surface area contributed by atoms with Crippen LogP contribution in [0.5, 0.6) is 0 Å². The first kappa shape index (κ1) is 50.0. The van der Waals surface area contributed by atoms with E-state index in [1.54, 1.807) is 25.7 Å². The smallest absolute Gasteiger partial charge is 0.0297 e. The van der Waals surface area contributed by atoms with Crippen molar-refractivity contribution in [2.45, 2.75) is 317 Å². The molecule has 0 aliphatic carbocycles. The fourth-order valence-electron chi connectivity index (χ4n) is 8.88. The minimum Gasteiger partial charge on any atom is -0.0654 e. The first-order valence-corrected chi connectivity index (χ1v) is 24.7. The van der Waals surface area contributed by atoms with Crippen LogP contribution < -0.4 is 0 Å². The molecule has 0 rings (SSSR count). The standard InChI is InChI=1S/C50H102/c1-5-9-13-17-20-23-25-26-27-28-29-30-31-32-34-37-41-45-49-50(46-42-38-16-12-8-4,47-43-39-35-22-19-15-11-7-3)48-44-40-36-33-24-21-18-14-10-6-2/h5-49H2,1-4H3. The van der Waals surface area contributed by atoms with Crippen LogP contribution in [0.2, 0.25) is 0 Å². The average molecular weight is 703 g/mol. The van der Waals surface area contributed by atoms with Crippen molar-refractivity contribution in [2.24, 2.45) is 5.41 Å². The normalized spacial score (nSPS) is 13.0. The van der Waals surface area contributed by atoms with E-state index in [-0.39, 0.29) is 0 Å². The quantitative estimate of drug-likeness (QED) is 0.0554. The number of rotatable bonds is 45. The Morgan fingerprint density at radius 2 is 0.280 bits per heavy atom. The van der Waals surface area contributed by atoms with Crippen LogP contribution in [0.3, 0.4) is 0 Å². The van der Waals surface area contributed by atoms with Gasteiger partial charge in [0.2, 0.25) is 0 Å². The summed E-state index contributed by atoms with van der Waals surface area (Å²) >= 11 is 0. The maximum Gasteiger partial charge on any atom is -0.0297 e. The molecule has 1 atom stereocenters. The summed E-state index contributed by atoms with van der Waals surface area (Å²) in [4.78, 5) is 0. The fraction of sp³-hybridized carbons (Fsp3) is 1.00. The van der Waals surface area contributed by atoms with Crippen LogP contribution in [0, 0.1) is 5.41 Å². The maximum atomic E-state index is 2.37. The monoisotopic (exact) mass is 703 g/mol. The van der Waals surface area contributed by atoms with Crippen molar-refractivity contribution in [3.63, 3.8) is 0 Å². The third-order valence-electron chi connectivity index (χ3n) is 12.5. The second kappa shape index (κ2) is 43.4. The summed E-state index contributed by atoms with van der Waals surface area (Å²) in [7, 11) is 0. The van der Waals surface area contributed by atoms with Gasteiger partial charge in [0.1, 0.15) is 0 Å². The van der Waals surface area contributed by atoms with Gasteiger partial charge < -0.3 is 0 Å². The zero-order valence-corrected chi connectivity index (χ0v) is 36.3. The van der Waals surface area contributed by atoms with Gasteiger partial charge in [-0.3, -0.25) is 0 Å². The fourth-order valence-corrected chi connectivity index (χ4v) is 8.88. The molecule has 0 aromatic carbocycles. The Morgan fingerprint density at radius 3 is 0.420 bits per heavy atom. The maximum absolute atomic E-state index is 2.37. The molecule has 302 valence electrons. The number of hydrogen-bond donors (Lipinski definition) is 0. The summed E-state index contributed by atoms with van der Waals surface area (Å²) in [5.41, 5.74) is 0.670. The summed E-state index contributed by atoms with van der Waals surface area (Å²) < 4.78 is 0. The van der Waals surface area contributed by atoms with Crippen molar-refractivity contribution in [3.8, 4) is 0 Å². The summed E-state index contributed by atoms with van der Waals surface area (Å²) in [6.45, 7) is 9.37. The molecular formula is C50H102. The third-order valence-corrected chi connectivity index (χ3v) is 12.5. The lowest BCUT2D eigenvalue weighted by Crippen LogP contribution is -2.21. The lowest BCUT2D eigenvalue weighted by molar-refractivity contribution is 0.171. The van der Waals surface area contributed by atoms with Crippen molar-refractivity contribution >= 4 is 0 Å². The van der Waals surface area contributed by atoms with Gasteiger partial charge in [0, 0.05) is 0 Å². The topological polar surface area (TPSA) is 0 Å². The van der Waals surface area contributed by atoms with Crippen molar-refractivity contribution < 1.29 is 0 Å². The van der Waals surface area contributed by atoms with Gasteiger partial charge in [0.15, 0.2) is 0 Å². The predicted octanol–water partition coefficient (Wildman–Crippen LogP) is 19.6. The molecule has 0 saturated heterocycles. The zero-order valence-electron chi connectivity index (χ0n) is 36.3. The van der Waals surface area contributed by atoms with Crippen molar-refractivity contribution in [1.29, 1.82) is 0 Å². The zero-order chi connectivity index (χ0) is 36.3. The molecule has 0 spiro atoms. The Bertz CT molecular complexity index is 579. The molecule has 0 N–H and O–H groups in total. The van der Waals surface area contributed by atoms with E-state index in [2.05, 4.69) is 27.7 Å². The van der Waals surface area contributed by atoms with Crippen molar-refractivity contribution in [3.05, 3.63) is 0 Å². The molecule has 0 bridgehead atoms. The Labute approximate surface area is 321 Å². The van der Waals surface area contributed by atoms with E-state index in [9.17, 15) is 0 Å². The van der Waals surface area contributed by atoms with Crippen LogP contribution in [0.15, 0.2) is 0 Å². The molecule has 0 aromatic rings. The Morgan fingerprint density at radius 1 is 0.160 bits per heavy atom. The summed E-state index contributed by atoms with van der Waals surface area (Å²) in [6.07, 6.45) is 66.7. The molecule has 1 unspecified atom stereocenters. The average Bonchev–Trinajstić information content (AvgIpc) is 3.12. The van der Waals surface area contributed by atoms with Crippen LogP contribution in [-0.2, 0) is 0 Å². The van der Waals surface area contributed by atoms with Gasteiger partial charge in [-0.25, -0.2) is 0 Å². The molecule has 0 heteroatoms. The van der Waals surface area contributed by atoms with Gasteiger partial charge in [-0.1, -0.05) is 291 Å². The summed E-state index contributed by atoms with van der Waals surface area (Å²) in [5, 5.41) is 0. The van der Waals surface area contributed by atoms with E-state index in [0.717, 1.165) is 0 Å². The van der Waals surface area contributed by atoms with Crippen LogP contribution in [0.1, 0.15) is 317 Å². The highest BCUT2D eigenvalue weighted by Gasteiger charge is 2.28. The molecule has 0 aliphatic rings. The van der Waals surface area contributed by atoms with Crippen LogP contribution in [0.4, 0.5) is 0 Å². The molecule has 0 radical (unpaired) electrons. The Balaban J connectivity index is 4.50. The van der Waals surface area contributed by atoms with E-state index < -0.39 is 0 Å². The lowest BCUT2D eigenvalue weighted by atomic mass is 9.70. The molecule has 0 amide bonds. The minimum atomic E-state index is 0.670. The van der Waals surface area contributed by atoms with E-state index >= 15 is 0 Å². The predicted molar refractivity (Wildman–Crippen MR) is 233 cm³/mol. The SMILES string of the molecule is CCCCCCCCCCCCCCCCCCCCC(CCCCCCC)(CCCCCCCCCC)CCCCCCCCCCCC. The molecule has 0 saturated carbocycles. The molecular weight excluding hydrogens is 601 g/mol. The van der Waals surface area contributed by atoms with E-state index in [1.807, 2.05) is 0 Å². The molecule has 50 heavy (non-hydrogen) atoms. The molecule has 0 heterocycles. The summed E-state index contributed by atoms with van der Waals surface area (Å²) in [6, 6.07) is 0. The van der Waals surface area contributed by atoms with E-state index in [4.69, 9.17) is 0 Å². The minimum absolute atomic E-state index is 0.670. The van der Waals surface area contributed by atoms with Crippen LogP contribution in [0.25, 0.3) is 0 Å². The number of hydrogen-bond acceptors (Lipinski definition) is 0. The second-order valence-electron chi connectivity index (χ2n) is 17.6. The second-order valence-corrected chi connectivity index (χ2v) is 17.6. The van der Waals surface area contributed by atoms with Crippen LogP contribution >= 0.6 is 0 Å². The van der Waals surface area contributed by atoms with Gasteiger partial charge in [0.25, 0.3) is 0 Å². The van der Waals surface area contributed by atoms with Crippen molar-refractivity contribution in [1.82, 2.24) is 0 Å². The third kappa shape index (κ3) is 37.7. The highest BCUT2D eigenvalue weighted by molar-refractivity contribution is 4.80. The Kier molecular flexibility index (Phi) is 43.4. The van der Waals surface area contributed by atoms with Gasteiger partial charge in [-0.05, 0) is 31.1 Å². The molecule has 0 fully saturated rings. The molecule has 0 aliphatic heterocycles. The molecule has 0 aromatic heterocycles. The lowest BCUT2D eigenvalue weighted by Gasteiger charge is -2.35. The van der Waals surface area contributed by atoms with Crippen molar-refractivity contribution in [2.75, 3.05) is 0 Å². The van der Waals surface area contributed by atoms with E-state index in [0.29, 0.717) is 5.41 Å².